The first kappa shape index (κ1) is 22.6. The van der Waals surface area contributed by atoms with E-state index in [1.165, 1.54) is 6.07 Å². The van der Waals surface area contributed by atoms with Gasteiger partial charge in [0.25, 0.3) is 0 Å². The zero-order chi connectivity index (χ0) is 22.7. The van der Waals surface area contributed by atoms with Crippen LogP contribution in [-0.4, -0.2) is 35.6 Å². The molecule has 2 atom stereocenters. The van der Waals surface area contributed by atoms with Gasteiger partial charge in [0.1, 0.15) is 12.7 Å². The molecule has 0 saturated heterocycles. The molecule has 3 N–H and O–H groups in total. The van der Waals surface area contributed by atoms with E-state index < -0.39 is 18.3 Å². The van der Waals surface area contributed by atoms with E-state index in [1.807, 2.05) is 24.3 Å². The fraction of sp³-hybridized carbons (Fsp3) is 0.240. The number of benzene rings is 3. The fourth-order valence-electron chi connectivity index (χ4n) is 4.08. The monoisotopic (exact) mass is 471 g/mol. The Kier molecular flexibility index (Phi) is 7.01. The maximum Gasteiger partial charge on any atom is 0.407 e. The number of hydrogen-bond donors (Lipinski definition) is 3. The first-order chi connectivity index (χ1) is 15.5. The van der Waals surface area contributed by atoms with Crippen molar-refractivity contribution in [1.82, 2.24) is 5.32 Å². The van der Waals surface area contributed by atoms with Gasteiger partial charge in [0, 0.05) is 28.1 Å². The fourth-order valence-corrected chi connectivity index (χ4v) is 4.49. The highest BCUT2D eigenvalue weighted by Gasteiger charge is 2.29. The first-order valence-electron chi connectivity index (χ1n) is 10.4. The van der Waals surface area contributed by atoms with E-state index in [0.29, 0.717) is 15.6 Å². The van der Waals surface area contributed by atoms with E-state index in [4.69, 9.17) is 27.9 Å². The summed E-state index contributed by atoms with van der Waals surface area (Å²) in [7, 11) is 0. The standard InChI is InChI=1S/C25H23Cl2NO4/c26-15-9-10-22(27)20(13-15)24(30)23(29)11-12-28-25(31)32-14-21-18-7-3-1-5-16(18)17-6-2-4-8-19(17)21/h1-10,13,21,23-24,29-30H,11-12,14H2,(H,28,31). The summed E-state index contributed by atoms with van der Waals surface area (Å²) in [5, 5.41) is 24.0. The minimum absolute atomic E-state index is 0.0227. The van der Waals surface area contributed by atoms with Crippen molar-refractivity contribution < 1.29 is 19.7 Å². The lowest BCUT2D eigenvalue weighted by Crippen LogP contribution is -2.30. The van der Waals surface area contributed by atoms with Crippen molar-refractivity contribution in [2.75, 3.05) is 13.2 Å². The highest BCUT2D eigenvalue weighted by atomic mass is 35.5. The highest BCUT2D eigenvalue weighted by Crippen LogP contribution is 2.44. The van der Waals surface area contributed by atoms with Crippen molar-refractivity contribution in [3.8, 4) is 11.1 Å². The molecule has 3 aromatic rings. The number of rotatable bonds is 7. The molecule has 0 saturated carbocycles. The first-order valence-corrected chi connectivity index (χ1v) is 11.1. The van der Waals surface area contributed by atoms with Crippen molar-refractivity contribution in [2.24, 2.45) is 0 Å². The lowest BCUT2D eigenvalue weighted by molar-refractivity contribution is 0.0137. The van der Waals surface area contributed by atoms with E-state index >= 15 is 0 Å². The summed E-state index contributed by atoms with van der Waals surface area (Å²) in [6.07, 6.45) is -2.80. The number of fused-ring (bicyclic) bond motifs is 3. The van der Waals surface area contributed by atoms with Gasteiger partial charge in [0.2, 0.25) is 0 Å². The molecule has 4 rings (SSSR count). The summed E-state index contributed by atoms with van der Waals surface area (Å²) >= 11 is 12.0. The summed E-state index contributed by atoms with van der Waals surface area (Å²) in [6.45, 7) is 0.343. The molecular formula is C25H23Cl2NO4. The average molecular weight is 472 g/mol. The molecule has 3 aromatic carbocycles. The molecule has 166 valence electrons. The van der Waals surface area contributed by atoms with Gasteiger partial charge in [-0.15, -0.1) is 0 Å². The molecule has 0 fully saturated rings. The number of halogens is 2. The van der Waals surface area contributed by atoms with Gasteiger partial charge < -0.3 is 20.3 Å². The van der Waals surface area contributed by atoms with Crippen LogP contribution < -0.4 is 5.32 Å². The Morgan fingerprint density at radius 2 is 1.59 bits per heavy atom. The van der Waals surface area contributed by atoms with Crippen LogP contribution in [0.4, 0.5) is 4.79 Å². The Hall–Kier alpha value is -2.57. The normalized spacial score (nSPS) is 14.4. The predicted octanol–water partition coefficient (Wildman–Crippen LogP) is 5.32. The molecule has 2 unspecified atom stereocenters. The molecule has 32 heavy (non-hydrogen) atoms. The minimum Gasteiger partial charge on any atom is -0.449 e. The summed E-state index contributed by atoms with van der Waals surface area (Å²) in [5.74, 6) is -0.0227. The molecule has 1 aliphatic rings. The second-order valence-electron chi connectivity index (χ2n) is 7.72. The molecule has 5 nitrogen and oxygen atoms in total. The minimum atomic E-state index is -1.22. The van der Waals surface area contributed by atoms with Gasteiger partial charge in [-0.2, -0.15) is 0 Å². The quantitative estimate of drug-likeness (QED) is 0.435. The second kappa shape index (κ2) is 9.92. The van der Waals surface area contributed by atoms with E-state index in [2.05, 4.69) is 29.6 Å². The summed E-state index contributed by atoms with van der Waals surface area (Å²) in [6, 6.07) is 20.9. The van der Waals surface area contributed by atoms with Gasteiger partial charge in [-0.1, -0.05) is 71.7 Å². The number of amides is 1. The molecule has 1 aliphatic carbocycles. The lowest BCUT2D eigenvalue weighted by atomic mass is 9.98. The number of aliphatic hydroxyl groups is 2. The number of carbonyl (C=O) groups is 1. The number of aliphatic hydroxyl groups excluding tert-OH is 2. The summed E-state index contributed by atoms with van der Waals surface area (Å²) in [4.78, 5) is 12.2. The number of ether oxygens (including phenoxy) is 1. The van der Waals surface area contributed by atoms with Crippen LogP contribution in [0.5, 0.6) is 0 Å². The van der Waals surface area contributed by atoms with Gasteiger partial charge >= 0.3 is 6.09 Å². The van der Waals surface area contributed by atoms with Crippen molar-refractivity contribution in [3.05, 3.63) is 93.5 Å². The Bertz CT molecular complexity index is 1080. The van der Waals surface area contributed by atoms with Gasteiger partial charge in [0.15, 0.2) is 0 Å². The largest absolute Gasteiger partial charge is 0.449 e. The summed E-state index contributed by atoms with van der Waals surface area (Å²) < 4.78 is 5.47. The number of hydrogen-bond acceptors (Lipinski definition) is 4. The van der Waals surface area contributed by atoms with Crippen LogP contribution >= 0.6 is 23.2 Å². The molecule has 7 heteroatoms. The number of carbonyl (C=O) groups excluding carboxylic acids is 1. The van der Waals surface area contributed by atoms with Crippen LogP contribution in [0.25, 0.3) is 11.1 Å². The van der Waals surface area contributed by atoms with Crippen LogP contribution in [0.3, 0.4) is 0 Å². The SMILES string of the molecule is O=C(NCCC(O)C(O)c1cc(Cl)ccc1Cl)OCC1c2ccccc2-c2ccccc21. The maximum atomic E-state index is 12.2. The molecule has 0 bridgehead atoms. The molecule has 0 aromatic heterocycles. The smallest absolute Gasteiger partial charge is 0.407 e. The Morgan fingerprint density at radius 1 is 0.969 bits per heavy atom. The third-order valence-electron chi connectivity index (χ3n) is 5.69. The van der Waals surface area contributed by atoms with Crippen LogP contribution in [0.1, 0.15) is 35.1 Å². The Balaban J connectivity index is 1.29. The van der Waals surface area contributed by atoms with Crippen LogP contribution in [-0.2, 0) is 4.74 Å². The molecule has 0 aliphatic heterocycles. The van der Waals surface area contributed by atoms with Crippen molar-refractivity contribution in [3.63, 3.8) is 0 Å². The maximum absolute atomic E-state index is 12.2. The number of alkyl carbamates (subject to hydrolysis) is 1. The van der Waals surface area contributed by atoms with Gasteiger partial charge in [-0.25, -0.2) is 4.79 Å². The van der Waals surface area contributed by atoms with Crippen molar-refractivity contribution in [2.45, 2.75) is 24.5 Å². The summed E-state index contributed by atoms with van der Waals surface area (Å²) in [5.41, 5.74) is 4.94. The van der Waals surface area contributed by atoms with Crippen molar-refractivity contribution in [1.29, 1.82) is 0 Å². The lowest BCUT2D eigenvalue weighted by Gasteiger charge is -2.20. The average Bonchev–Trinajstić information content (AvgIpc) is 3.12. The van der Waals surface area contributed by atoms with Crippen LogP contribution in [0.2, 0.25) is 10.0 Å². The molecule has 1 amide bonds. The van der Waals surface area contributed by atoms with E-state index in [9.17, 15) is 15.0 Å². The third kappa shape index (κ3) is 4.76. The second-order valence-corrected chi connectivity index (χ2v) is 8.56. The van der Waals surface area contributed by atoms with E-state index in [-0.39, 0.29) is 25.5 Å². The third-order valence-corrected chi connectivity index (χ3v) is 6.27. The zero-order valence-electron chi connectivity index (χ0n) is 17.2. The highest BCUT2D eigenvalue weighted by molar-refractivity contribution is 6.33. The van der Waals surface area contributed by atoms with E-state index in [0.717, 1.165) is 22.3 Å². The topological polar surface area (TPSA) is 78.8 Å². The van der Waals surface area contributed by atoms with Crippen molar-refractivity contribution >= 4 is 29.3 Å². The molecule has 0 heterocycles. The van der Waals surface area contributed by atoms with Gasteiger partial charge in [-0.3, -0.25) is 0 Å². The van der Waals surface area contributed by atoms with Gasteiger partial charge in [0.05, 0.1) is 6.10 Å². The Morgan fingerprint density at radius 3 is 2.25 bits per heavy atom. The molecule has 0 spiro atoms. The van der Waals surface area contributed by atoms with Crippen LogP contribution in [0.15, 0.2) is 66.7 Å². The predicted molar refractivity (Wildman–Crippen MR) is 125 cm³/mol. The number of nitrogens with one attached hydrogen (secondary N) is 1. The molecular weight excluding hydrogens is 449 g/mol. The molecule has 0 radical (unpaired) electrons. The van der Waals surface area contributed by atoms with Gasteiger partial charge in [-0.05, 0) is 46.9 Å². The van der Waals surface area contributed by atoms with Crippen LogP contribution in [0, 0.1) is 0 Å². The zero-order valence-corrected chi connectivity index (χ0v) is 18.7. The Labute approximate surface area is 196 Å². The van der Waals surface area contributed by atoms with E-state index in [1.54, 1.807) is 12.1 Å².